The predicted octanol–water partition coefficient (Wildman–Crippen LogP) is 3.93. The Labute approximate surface area is 191 Å². The monoisotopic (exact) mass is 537 g/mol. The fourth-order valence-corrected chi connectivity index (χ4v) is 2.53. The van der Waals surface area contributed by atoms with E-state index in [0.29, 0.717) is 24.7 Å². The number of nitrogens with two attached hydrogens (primary N) is 1. The highest BCUT2D eigenvalue weighted by atomic mass is 127. The molecule has 0 saturated heterocycles. The molecular weight excluding hydrogens is 511 g/mol. The van der Waals surface area contributed by atoms with Gasteiger partial charge in [0.25, 0.3) is 0 Å². The highest BCUT2D eigenvalue weighted by Gasteiger charge is 2.11. The Morgan fingerprint density at radius 2 is 1.63 bits per heavy atom. The van der Waals surface area contributed by atoms with Crippen LogP contribution in [0.15, 0.2) is 41.4 Å². The van der Waals surface area contributed by atoms with E-state index in [2.05, 4.69) is 15.0 Å². The van der Waals surface area contributed by atoms with Crippen LogP contribution in [0.25, 0.3) is 0 Å². The van der Waals surface area contributed by atoms with E-state index >= 15 is 0 Å². The van der Waals surface area contributed by atoms with Gasteiger partial charge in [0.2, 0.25) is 0 Å². The number of ether oxygens (including phenoxy) is 4. The Hall–Kier alpha value is -2.50. The largest absolute Gasteiger partial charge is 0.493 e. The number of hydrogen-bond donors (Lipinski definition) is 2. The van der Waals surface area contributed by atoms with Crippen molar-refractivity contribution in [2.45, 2.75) is 26.6 Å². The maximum absolute atomic E-state index is 12.5. The second kappa shape index (κ2) is 12.9. The van der Waals surface area contributed by atoms with Gasteiger partial charge in [0, 0.05) is 6.54 Å². The van der Waals surface area contributed by atoms with Gasteiger partial charge >= 0.3 is 6.61 Å². The average Bonchev–Trinajstić information content (AvgIpc) is 2.71. The van der Waals surface area contributed by atoms with Crippen LogP contribution in [0, 0.1) is 0 Å². The Kier molecular flexibility index (Phi) is 11.0. The molecule has 2 aromatic rings. The van der Waals surface area contributed by atoms with E-state index in [4.69, 9.17) is 19.9 Å². The zero-order valence-corrected chi connectivity index (χ0v) is 19.3. The zero-order valence-electron chi connectivity index (χ0n) is 17.0. The summed E-state index contributed by atoms with van der Waals surface area (Å²) in [7, 11) is 3.14. The number of halogens is 3. The summed E-state index contributed by atoms with van der Waals surface area (Å²) in [6, 6.07) is 10.2. The number of alkyl halides is 2. The second-order valence-electron chi connectivity index (χ2n) is 5.84. The van der Waals surface area contributed by atoms with Crippen LogP contribution >= 0.6 is 24.0 Å². The molecule has 2 rings (SSSR count). The highest BCUT2D eigenvalue weighted by molar-refractivity contribution is 14.0. The first-order valence-electron chi connectivity index (χ1n) is 8.92. The van der Waals surface area contributed by atoms with Crippen LogP contribution in [0.2, 0.25) is 0 Å². The molecule has 0 fully saturated rings. The third kappa shape index (κ3) is 7.73. The smallest absolute Gasteiger partial charge is 0.387 e. The molecule has 7 nitrogen and oxygen atoms in total. The van der Waals surface area contributed by atoms with E-state index in [9.17, 15) is 8.78 Å². The van der Waals surface area contributed by atoms with Crippen LogP contribution in [0.5, 0.6) is 23.0 Å². The van der Waals surface area contributed by atoms with Gasteiger partial charge in [-0.25, -0.2) is 4.99 Å². The Morgan fingerprint density at radius 3 is 2.27 bits per heavy atom. The lowest BCUT2D eigenvalue weighted by molar-refractivity contribution is -0.0514. The first kappa shape index (κ1) is 25.5. The van der Waals surface area contributed by atoms with Crippen molar-refractivity contribution < 1.29 is 27.7 Å². The summed E-state index contributed by atoms with van der Waals surface area (Å²) in [4.78, 5) is 4.26. The number of aliphatic imine (C=N–C) groups is 1. The number of rotatable bonds is 10. The van der Waals surface area contributed by atoms with Crippen molar-refractivity contribution in [1.82, 2.24) is 5.32 Å². The lowest BCUT2D eigenvalue weighted by atomic mass is 10.2. The lowest BCUT2D eigenvalue weighted by Gasteiger charge is -2.12. The van der Waals surface area contributed by atoms with Crippen LogP contribution in [-0.4, -0.2) is 33.4 Å². The molecule has 0 unspecified atom stereocenters. The van der Waals surface area contributed by atoms with Crippen molar-refractivity contribution >= 4 is 29.9 Å². The van der Waals surface area contributed by atoms with Crippen molar-refractivity contribution in [1.29, 1.82) is 0 Å². The number of hydrogen-bond acceptors (Lipinski definition) is 5. The van der Waals surface area contributed by atoms with Gasteiger partial charge in [-0.3, -0.25) is 0 Å². The van der Waals surface area contributed by atoms with E-state index in [-0.39, 0.29) is 48.0 Å². The molecule has 0 amide bonds. The molecular formula is C20H26F2IN3O4. The molecule has 2 aromatic carbocycles. The molecule has 0 saturated carbocycles. The first-order chi connectivity index (χ1) is 14.0. The lowest BCUT2D eigenvalue weighted by Crippen LogP contribution is -2.31. The molecule has 0 bridgehead atoms. The number of nitrogens with zero attached hydrogens (tertiary/aromatic N) is 1. The summed E-state index contributed by atoms with van der Waals surface area (Å²) in [6.07, 6.45) is 0. The molecule has 0 aliphatic carbocycles. The van der Waals surface area contributed by atoms with E-state index in [0.717, 1.165) is 11.1 Å². The maximum Gasteiger partial charge on any atom is 0.387 e. The first-order valence-corrected chi connectivity index (χ1v) is 8.92. The SMILES string of the molecule is CCOc1cc(CN=C(N)NCc2ccc(OC)c(OC)c2)ccc1OC(F)F.I. The van der Waals surface area contributed by atoms with E-state index in [1.54, 1.807) is 33.3 Å². The van der Waals surface area contributed by atoms with Crippen molar-refractivity contribution in [3.8, 4) is 23.0 Å². The van der Waals surface area contributed by atoms with Crippen molar-refractivity contribution in [3.63, 3.8) is 0 Å². The molecule has 0 aromatic heterocycles. The van der Waals surface area contributed by atoms with Gasteiger partial charge in [-0.15, -0.1) is 24.0 Å². The number of benzene rings is 2. The van der Waals surface area contributed by atoms with Crippen LogP contribution in [0.4, 0.5) is 8.78 Å². The summed E-state index contributed by atoms with van der Waals surface area (Å²) in [5.74, 6) is 1.72. The molecule has 30 heavy (non-hydrogen) atoms. The van der Waals surface area contributed by atoms with Gasteiger partial charge in [0.1, 0.15) is 0 Å². The van der Waals surface area contributed by atoms with Gasteiger partial charge in [-0.1, -0.05) is 12.1 Å². The Morgan fingerprint density at radius 1 is 1.00 bits per heavy atom. The second-order valence-corrected chi connectivity index (χ2v) is 5.84. The number of methoxy groups -OCH3 is 2. The van der Waals surface area contributed by atoms with Crippen molar-refractivity contribution in [2.24, 2.45) is 10.7 Å². The highest BCUT2D eigenvalue weighted by Crippen LogP contribution is 2.30. The summed E-state index contributed by atoms with van der Waals surface area (Å²) in [6.45, 7) is -0.149. The summed E-state index contributed by atoms with van der Waals surface area (Å²) >= 11 is 0. The molecule has 166 valence electrons. The molecule has 3 N–H and O–H groups in total. The van der Waals surface area contributed by atoms with Crippen LogP contribution in [0.3, 0.4) is 0 Å². The molecule has 0 aliphatic rings. The fraction of sp³-hybridized carbons (Fsp3) is 0.350. The topological polar surface area (TPSA) is 87.3 Å². The molecule has 0 radical (unpaired) electrons. The summed E-state index contributed by atoms with van der Waals surface area (Å²) in [5, 5.41) is 3.01. The number of nitrogens with one attached hydrogen (secondary N) is 1. The number of guanidine groups is 1. The quantitative estimate of drug-likeness (QED) is 0.272. The van der Waals surface area contributed by atoms with Gasteiger partial charge in [0.05, 0.1) is 27.4 Å². The van der Waals surface area contributed by atoms with Crippen LogP contribution in [0.1, 0.15) is 18.1 Å². The molecule has 0 heterocycles. The Bertz CT molecular complexity index is 838. The van der Waals surface area contributed by atoms with Gasteiger partial charge < -0.3 is 30.0 Å². The van der Waals surface area contributed by atoms with Gasteiger partial charge in [0.15, 0.2) is 29.0 Å². The van der Waals surface area contributed by atoms with E-state index in [1.807, 2.05) is 18.2 Å². The minimum Gasteiger partial charge on any atom is -0.493 e. The maximum atomic E-state index is 12.5. The minimum atomic E-state index is -2.92. The van der Waals surface area contributed by atoms with Crippen LogP contribution < -0.4 is 30.0 Å². The average molecular weight is 537 g/mol. The molecule has 0 atom stereocenters. The Balaban J connectivity index is 0.00000450. The van der Waals surface area contributed by atoms with E-state index in [1.165, 1.54) is 6.07 Å². The van der Waals surface area contributed by atoms with E-state index < -0.39 is 6.61 Å². The van der Waals surface area contributed by atoms with Gasteiger partial charge in [-0.05, 0) is 42.3 Å². The molecule has 0 spiro atoms. The standard InChI is InChI=1S/C20H25F2N3O4.HI/c1-4-28-18-10-14(6-8-16(18)29-19(21)22)12-25-20(23)24-11-13-5-7-15(26-2)17(9-13)27-3;/h5-10,19H,4,11-12H2,1-3H3,(H3,23,24,25);1H. The summed E-state index contributed by atoms with van der Waals surface area (Å²) in [5.41, 5.74) is 7.60. The zero-order chi connectivity index (χ0) is 21.2. The van der Waals surface area contributed by atoms with Crippen molar-refractivity contribution in [2.75, 3.05) is 20.8 Å². The third-order valence-electron chi connectivity index (χ3n) is 3.88. The van der Waals surface area contributed by atoms with Crippen LogP contribution in [-0.2, 0) is 13.1 Å². The third-order valence-corrected chi connectivity index (χ3v) is 3.88. The normalized spacial score (nSPS) is 10.9. The predicted molar refractivity (Wildman–Crippen MR) is 121 cm³/mol. The molecule has 0 aliphatic heterocycles. The molecule has 10 heteroatoms. The minimum absolute atomic E-state index is 0. The summed E-state index contributed by atoms with van der Waals surface area (Å²) < 4.78 is 45.2. The van der Waals surface area contributed by atoms with Crippen molar-refractivity contribution in [3.05, 3.63) is 47.5 Å². The fourth-order valence-electron chi connectivity index (χ4n) is 2.53. The van der Waals surface area contributed by atoms with Gasteiger partial charge in [-0.2, -0.15) is 8.78 Å².